The maximum atomic E-state index is 12.4. The first-order valence-corrected chi connectivity index (χ1v) is 6.72. The first-order chi connectivity index (χ1) is 8.24. The van der Waals surface area contributed by atoms with Gasteiger partial charge >= 0.3 is 6.18 Å². The summed E-state index contributed by atoms with van der Waals surface area (Å²) in [5.41, 5.74) is -0.989. The van der Waals surface area contributed by atoms with Gasteiger partial charge in [-0.1, -0.05) is 6.07 Å². The molecule has 102 valence electrons. The highest BCUT2D eigenvalue weighted by molar-refractivity contribution is 7.92. The number of nitrogens with one attached hydrogen (secondary N) is 2. The molecule has 1 aromatic rings. The van der Waals surface area contributed by atoms with Crippen LogP contribution in [0.4, 0.5) is 18.9 Å². The van der Waals surface area contributed by atoms with E-state index in [2.05, 4.69) is 10.0 Å². The molecule has 4 nitrogen and oxygen atoms in total. The number of alkyl halides is 3. The minimum absolute atomic E-state index is 0.0964. The largest absolute Gasteiger partial charge is 0.416 e. The molecule has 0 saturated carbocycles. The second kappa shape index (κ2) is 5.57. The van der Waals surface area contributed by atoms with E-state index < -0.39 is 21.8 Å². The molecule has 8 heteroatoms. The Hall–Kier alpha value is -1.28. The van der Waals surface area contributed by atoms with Crippen LogP contribution in [-0.2, 0) is 16.2 Å². The number of hydrogen-bond acceptors (Lipinski definition) is 3. The maximum Gasteiger partial charge on any atom is 0.416 e. The molecule has 1 aromatic carbocycles. The second-order valence-corrected chi connectivity index (χ2v) is 5.44. The van der Waals surface area contributed by atoms with Gasteiger partial charge in [0.05, 0.1) is 11.3 Å². The van der Waals surface area contributed by atoms with Crippen LogP contribution >= 0.6 is 0 Å². The van der Waals surface area contributed by atoms with Crippen LogP contribution in [0.2, 0.25) is 0 Å². The molecule has 2 N–H and O–H groups in total. The summed E-state index contributed by atoms with van der Waals surface area (Å²) in [6.07, 6.45) is -4.49. The van der Waals surface area contributed by atoms with Crippen molar-refractivity contribution < 1.29 is 21.6 Å². The highest BCUT2D eigenvalue weighted by Crippen LogP contribution is 2.30. The number of sulfonamides is 1. The van der Waals surface area contributed by atoms with Gasteiger partial charge in [0.15, 0.2) is 0 Å². The summed E-state index contributed by atoms with van der Waals surface area (Å²) in [6, 6.07) is 4.06. The molecule has 0 aromatic heterocycles. The fourth-order valence-corrected chi connectivity index (χ4v) is 2.29. The molecule has 0 aliphatic rings. The molecule has 0 aliphatic carbocycles. The number of anilines is 1. The zero-order valence-electron chi connectivity index (χ0n) is 9.58. The van der Waals surface area contributed by atoms with Crippen LogP contribution < -0.4 is 10.0 Å². The monoisotopic (exact) mass is 282 g/mol. The predicted octanol–water partition coefficient (Wildman–Crippen LogP) is 1.67. The topological polar surface area (TPSA) is 58.2 Å². The third-order valence-corrected chi connectivity index (χ3v) is 3.37. The summed E-state index contributed by atoms with van der Waals surface area (Å²) < 4.78 is 62.3. The third-order valence-electron chi connectivity index (χ3n) is 2.08. The summed E-state index contributed by atoms with van der Waals surface area (Å²) in [5.74, 6) is -0.209. The van der Waals surface area contributed by atoms with Gasteiger partial charge in [0, 0.05) is 12.2 Å². The van der Waals surface area contributed by atoms with Crippen molar-refractivity contribution in [3.63, 3.8) is 0 Å². The van der Waals surface area contributed by atoms with E-state index in [1.165, 1.54) is 6.07 Å². The van der Waals surface area contributed by atoms with Crippen LogP contribution in [-0.4, -0.2) is 27.8 Å². The van der Waals surface area contributed by atoms with Crippen molar-refractivity contribution in [2.24, 2.45) is 0 Å². The number of rotatable bonds is 5. The molecule has 0 saturated heterocycles. The van der Waals surface area contributed by atoms with Crippen LogP contribution in [0.25, 0.3) is 0 Å². The molecule has 1 rings (SSSR count). The smallest absolute Gasteiger partial charge is 0.319 e. The normalized spacial score (nSPS) is 12.4. The zero-order chi connectivity index (χ0) is 13.8. The fourth-order valence-electron chi connectivity index (χ4n) is 1.23. The average molecular weight is 282 g/mol. The Balaban J connectivity index is 2.86. The minimum atomic E-state index is -4.49. The third kappa shape index (κ3) is 4.53. The molecule has 18 heavy (non-hydrogen) atoms. The van der Waals surface area contributed by atoms with Crippen molar-refractivity contribution in [3.8, 4) is 0 Å². The first-order valence-electron chi connectivity index (χ1n) is 5.07. The van der Waals surface area contributed by atoms with E-state index >= 15 is 0 Å². The van der Waals surface area contributed by atoms with E-state index in [9.17, 15) is 21.6 Å². The van der Waals surface area contributed by atoms with Crippen LogP contribution in [0.5, 0.6) is 0 Å². The SMILES string of the molecule is CNCCS(=O)(=O)Nc1cccc(C(F)(F)F)c1. The maximum absolute atomic E-state index is 12.4. The van der Waals surface area contributed by atoms with E-state index in [0.717, 1.165) is 18.2 Å². The summed E-state index contributed by atoms with van der Waals surface area (Å²) >= 11 is 0. The lowest BCUT2D eigenvalue weighted by atomic mass is 10.2. The Labute approximate surface area is 103 Å². The lowest BCUT2D eigenvalue weighted by molar-refractivity contribution is -0.137. The van der Waals surface area contributed by atoms with E-state index in [1.54, 1.807) is 7.05 Å². The zero-order valence-corrected chi connectivity index (χ0v) is 10.4. The summed E-state index contributed by atoms with van der Waals surface area (Å²) in [7, 11) is -2.06. The Morgan fingerprint density at radius 2 is 1.94 bits per heavy atom. The van der Waals surface area contributed by atoms with E-state index in [4.69, 9.17) is 0 Å². The van der Waals surface area contributed by atoms with E-state index in [1.807, 2.05) is 0 Å². The van der Waals surface area contributed by atoms with Crippen LogP contribution in [0.1, 0.15) is 5.56 Å². The molecule has 0 bridgehead atoms. The van der Waals surface area contributed by atoms with Crippen molar-refractivity contribution in [1.82, 2.24) is 5.32 Å². The standard InChI is InChI=1S/C10H13F3N2O2S/c1-14-5-6-18(16,17)15-9-4-2-3-8(7-9)10(11,12)13/h2-4,7,14-15H,5-6H2,1H3. The summed E-state index contributed by atoms with van der Waals surface area (Å²) in [6.45, 7) is 0.217. The van der Waals surface area contributed by atoms with E-state index in [0.29, 0.717) is 0 Å². The molecule has 0 fully saturated rings. The first kappa shape index (κ1) is 14.8. The number of hydrogen-bond donors (Lipinski definition) is 2. The van der Waals surface area contributed by atoms with Gasteiger partial charge in [-0.2, -0.15) is 13.2 Å². The Kier molecular flexibility index (Phi) is 4.58. The predicted molar refractivity (Wildman–Crippen MR) is 62.8 cm³/mol. The highest BCUT2D eigenvalue weighted by atomic mass is 32.2. The Morgan fingerprint density at radius 3 is 2.50 bits per heavy atom. The van der Waals surface area contributed by atoms with Gasteiger partial charge in [-0.15, -0.1) is 0 Å². The number of halogens is 3. The Bertz CT molecular complexity index is 500. The van der Waals surface area contributed by atoms with Crippen molar-refractivity contribution in [3.05, 3.63) is 29.8 Å². The van der Waals surface area contributed by atoms with Gasteiger partial charge in [-0.25, -0.2) is 8.42 Å². The van der Waals surface area contributed by atoms with Crippen LogP contribution in [0, 0.1) is 0 Å². The lowest BCUT2D eigenvalue weighted by Gasteiger charge is -2.11. The van der Waals surface area contributed by atoms with Crippen molar-refractivity contribution in [2.75, 3.05) is 24.1 Å². The molecule has 0 amide bonds. The average Bonchev–Trinajstić information content (AvgIpc) is 2.25. The highest BCUT2D eigenvalue weighted by Gasteiger charge is 2.30. The van der Waals surface area contributed by atoms with Crippen molar-refractivity contribution in [1.29, 1.82) is 0 Å². The molecule has 0 atom stereocenters. The van der Waals surface area contributed by atoms with Crippen LogP contribution in [0.3, 0.4) is 0 Å². The summed E-state index contributed by atoms with van der Waals surface area (Å²) in [4.78, 5) is 0. The quantitative estimate of drug-likeness (QED) is 0.863. The molecule has 0 unspecified atom stereocenters. The molecule has 0 spiro atoms. The molecular weight excluding hydrogens is 269 g/mol. The molecule has 0 aliphatic heterocycles. The number of benzene rings is 1. The molecule has 0 radical (unpaired) electrons. The summed E-state index contributed by atoms with van der Waals surface area (Å²) in [5, 5.41) is 2.65. The Morgan fingerprint density at radius 1 is 1.28 bits per heavy atom. The van der Waals surface area contributed by atoms with Crippen molar-refractivity contribution >= 4 is 15.7 Å². The minimum Gasteiger partial charge on any atom is -0.319 e. The van der Waals surface area contributed by atoms with Crippen molar-refractivity contribution in [2.45, 2.75) is 6.18 Å². The van der Waals surface area contributed by atoms with Crippen LogP contribution in [0.15, 0.2) is 24.3 Å². The van der Waals surface area contributed by atoms with Gasteiger partial charge < -0.3 is 5.32 Å². The van der Waals surface area contributed by atoms with Gasteiger partial charge in [-0.05, 0) is 25.2 Å². The van der Waals surface area contributed by atoms with Gasteiger partial charge in [-0.3, -0.25) is 4.72 Å². The molecule has 0 heterocycles. The lowest BCUT2D eigenvalue weighted by Crippen LogP contribution is -2.24. The van der Waals surface area contributed by atoms with Gasteiger partial charge in [0.2, 0.25) is 10.0 Å². The second-order valence-electron chi connectivity index (χ2n) is 3.60. The van der Waals surface area contributed by atoms with E-state index in [-0.39, 0.29) is 18.0 Å². The molecular formula is C10H13F3N2O2S. The van der Waals surface area contributed by atoms with Gasteiger partial charge in [0.25, 0.3) is 0 Å². The fraction of sp³-hybridized carbons (Fsp3) is 0.400. The van der Waals surface area contributed by atoms with Gasteiger partial charge in [0.1, 0.15) is 0 Å².